The highest BCUT2D eigenvalue weighted by atomic mass is 16.5. The maximum absolute atomic E-state index is 5.55. The second-order valence-electron chi connectivity index (χ2n) is 5.29. The normalized spacial score (nSPS) is 20.2. The number of ether oxygens (including phenoxy) is 2. The van der Waals surface area contributed by atoms with Gasteiger partial charge in [-0.05, 0) is 30.5 Å². The van der Waals surface area contributed by atoms with Crippen molar-refractivity contribution >= 4 is 10.8 Å². The van der Waals surface area contributed by atoms with Crippen molar-refractivity contribution in [2.75, 3.05) is 27.4 Å². The highest BCUT2D eigenvalue weighted by Gasteiger charge is 2.27. The third kappa shape index (κ3) is 2.28. The smallest absolute Gasteiger partial charge is 0.126 e. The Kier molecular flexibility index (Phi) is 3.90. The fraction of sp³-hybridized carbons (Fsp3) is 0.412. The van der Waals surface area contributed by atoms with E-state index in [9.17, 15) is 0 Å². The molecule has 1 saturated heterocycles. The Morgan fingerprint density at radius 3 is 2.65 bits per heavy atom. The topological polar surface area (TPSA) is 30.5 Å². The predicted octanol–water partition coefficient (Wildman–Crippen LogP) is 3.15. The highest BCUT2D eigenvalue weighted by molar-refractivity contribution is 5.91. The molecule has 0 aromatic heterocycles. The Balaban J connectivity index is 2.10. The van der Waals surface area contributed by atoms with Crippen molar-refractivity contribution in [2.45, 2.75) is 12.5 Å². The van der Waals surface area contributed by atoms with E-state index in [2.05, 4.69) is 41.7 Å². The van der Waals surface area contributed by atoms with Gasteiger partial charge in [-0.25, -0.2) is 0 Å². The molecule has 3 heteroatoms. The van der Waals surface area contributed by atoms with Crippen LogP contribution in [0.15, 0.2) is 36.4 Å². The summed E-state index contributed by atoms with van der Waals surface area (Å²) in [6, 6.07) is 13.0. The van der Waals surface area contributed by atoms with Gasteiger partial charge in [0.25, 0.3) is 0 Å². The lowest BCUT2D eigenvalue weighted by molar-refractivity contribution is 0.178. The largest absolute Gasteiger partial charge is 0.496 e. The summed E-state index contributed by atoms with van der Waals surface area (Å²) in [5, 5.41) is 5.90. The van der Waals surface area contributed by atoms with Crippen molar-refractivity contribution in [3.05, 3.63) is 42.0 Å². The number of rotatable bonds is 4. The Bertz CT molecular complexity index is 591. The van der Waals surface area contributed by atoms with Gasteiger partial charge in [0.1, 0.15) is 5.75 Å². The van der Waals surface area contributed by atoms with Crippen LogP contribution in [0, 0.1) is 5.92 Å². The average molecular weight is 271 g/mol. The van der Waals surface area contributed by atoms with E-state index >= 15 is 0 Å². The molecule has 2 aromatic carbocycles. The summed E-state index contributed by atoms with van der Waals surface area (Å²) >= 11 is 0. The van der Waals surface area contributed by atoms with Crippen LogP contribution >= 0.6 is 0 Å². The van der Waals surface area contributed by atoms with E-state index in [1.807, 2.05) is 7.05 Å². The van der Waals surface area contributed by atoms with E-state index in [-0.39, 0.29) is 0 Å². The molecule has 2 atom stereocenters. The number of fused-ring (bicyclic) bond motifs is 1. The molecule has 1 fully saturated rings. The molecular weight excluding hydrogens is 250 g/mol. The maximum Gasteiger partial charge on any atom is 0.126 e. The van der Waals surface area contributed by atoms with Crippen molar-refractivity contribution in [1.29, 1.82) is 0 Å². The molecule has 2 aromatic rings. The summed E-state index contributed by atoms with van der Waals surface area (Å²) in [6.45, 7) is 1.71. The number of hydrogen-bond donors (Lipinski definition) is 1. The van der Waals surface area contributed by atoms with Crippen LogP contribution in [0.2, 0.25) is 0 Å². The van der Waals surface area contributed by atoms with Crippen molar-refractivity contribution in [3.63, 3.8) is 0 Å². The molecule has 0 spiro atoms. The molecule has 2 unspecified atom stereocenters. The lowest BCUT2D eigenvalue weighted by atomic mass is 9.89. The molecule has 0 bridgehead atoms. The van der Waals surface area contributed by atoms with E-state index in [0.717, 1.165) is 25.4 Å². The van der Waals surface area contributed by atoms with Gasteiger partial charge in [-0.15, -0.1) is 0 Å². The van der Waals surface area contributed by atoms with Crippen LogP contribution in [0.5, 0.6) is 5.75 Å². The number of hydrogen-bond acceptors (Lipinski definition) is 3. The lowest BCUT2D eigenvalue weighted by Gasteiger charge is -2.24. The van der Waals surface area contributed by atoms with Gasteiger partial charge in [0.05, 0.1) is 13.7 Å². The summed E-state index contributed by atoms with van der Waals surface area (Å²) in [7, 11) is 3.75. The molecule has 0 aliphatic carbocycles. The van der Waals surface area contributed by atoms with E-state index < -0.39 is 0 Å². The molecule has 20 heavy (non-hydrogen) atoms. The van der Waals surface area contributed by atoms with Gasteiger partial charge < -0.3 is 14.8 Å². The minimum Gasteiger partial charge on any atom is -0.496 e. The molecule has 1 heterocycles. The van der Waals surface area contributed by atoms with Gasteiger partial charge >= 0.3 is 0 Å². The van der Waals surface area contributed by atoms with Gasteiger partial charge in [-0.1, -0.05) is 30.3 Å². The third-order valence-electron chi connectivity index (χ3n) is 4.22. The first-order valence-corrected chi connectivity index (χ1v) is 7.15. The summed E-state index contributed by atoms with van der Waals surface area (Å²) in [5.74, 6) is 1.47. The molecule has 3 rings (SSSR count). The van der Waals surface area contributed by atoms with Crippen LogP contribution in [0.1, 0.15) is 18.0 Å². The minimum absolute atomic E-state index is 0.327. The first-order valence-electron chi connectivity index (χ1n) is 7.15. The minimum atomic E-state index is 0.327. The van der Waals surface area contributed by atoms with Gasteiger partial charge in [-0.3, -0.25) is 0 Å². The number of methoxy groups -OCH3 is 1. The zero-order chi connectivity index (χ0) is 13.9. The molecule has 106 valence electrons. The van der Waals surface area contributed by atoms with E-state index in [1.54, 1.807) is 7.11 Å². The monoisotopic (exact) mass is 271 g/mol. The third-order valence-corrected chi connectivity index (χ3v) is 4.22. The first kappa shape index (κ1) is 13.4. The van der Waals surface area contributed by atoms with E-state index in [1.165, 1.54) is 16.3 Å². The van der Waals surface area contributed by atoms with Gasteiger partial charge in [0, 0.05) is 24.0 Å². The zero-order valence-electron chi connectivity index (χ0n) is 12.1. The lowest BCUT2D eigenvalue weighted by Crippen LogP contribution is -2.25. The molecule has 1 aliphatic heterocycles. The Labute approximate surface area is 119 Å². The van der Waals surface area contributed by atoms with Crippen LogP contribution in [-0.2, 0) is 4.74 Å². The van der Waals surface area contributed by atoms with Crippen LogP contribution in [0.3, 0.4) is 0 Å². The van der Waals surface area contributed by atoms with Gasteiger partial charge in [0.15, 0.2) is 0 Å². The average Bonchev–Trinajstić information content (AvgIpc) is 3.02. The van der Waals surface area contributed by atoms with Gasteiger partial charge in [0.2, 0.25) is 0 Å². The molecule has 1 aliphatic rings. The Hall–Kier alpha value is -1.58. The SMILES string of the molecule is CNC(c1ccc(OC)c2ccccc12)C1CCOC1. The fourth-order valence-corrected chi connectivity index (χ4v) is 3.20. The van der Waals surface area contributed by atoms with Crippen LogP contribution in [-0.4, -0.2) is 27.4 Å². The van der Waals surface area contributed by atoms with Crippen molar-refractivity contribution in [2.24, 2.45) is 5.92 Å². The number of nitrogens with one attached hydrogen (secondary N) is 1. The Morgan fingerprint density at radius 2 is 2.00 bits per heavy atom. The second kappa shape index (κ2) is 5.81. The molecule has 0 radical (unpaired) electrons. The van der Waals surface area contributed by atoms with E-state index in [0.29, 0.717) is 12.0 Å². The summed E-state index contributed by atoms with van der Waals surface area (Å²) in [6.07, 6.45) is 1.12. The van der Waals surface area contributed by atoms with Crippen LogP contribution < -0.4 is 10.1 Å². The fourth-order valence-electron chi connectivity index (χ4n) is 3.20. The summed E-state index contributed by atoms with van der Waals surface area (Å²) < 4.78 is 11.0. The number of benzene rings is 2. The molecule has 3 nitrogen and oxygen atoms in total. The highest BCUT2D eigenvalue weighted by Crippen LogP contribution is 2.36. The van der Waals surface area contributed by atoms with Crippen molar-refractivity contribution < 1.29 is 9.47 Å². The molecule has 1 N–H and O–H groups in total. The van der Waals surface area contributed by atoms with Crippen molar-refractivity contribution in [3.8, 4) is 5.75 Å². The second-order valence-corrected chi connectivity index (χ2v) is 5.29. The van der Waals surface area contributed by atoms with E-state index in [4.69, 9.17) is 9.47 Å². The van der Waals surface area contributed by atoms with Crippen LogP contribution in [0.25, 0.3) is 10.8 Å². The quantitative estimate of drug-likeness (QED) is 0.926. The van der Waals surface area contributed by atoms with Crippen molar-refractivity contribution in [1.82, 2.24) is 5.32 Å². The zero-order valence-corrected chi connectivity index (χ0v) is 12.1. The molecule has 0 amide bonds. The Morgan fingerprint density at radius 1 is 1.20 bits per heavy atom. The molecular formula is C17H21NO2. The standard InChI is InChI=1S/C17H21NO2/c1-18-17(12-9-10-20-11-12)15-7-8-16(19-2)14-6-4-3-5-13(14)15/h3-8,12,17-18H,9-11H2,1-2H3. The van der Waals surface area contributed by atoms with Gasteiger partial charge in [-0.2, -0.15) is 0 Å². The summed E-state index contributed by atoms with van der Waals surface area (Å²) in [5.41, 5.74) is 1.33. The van der Waals surface area contributed by atoms with Crippen LogP contribution in [0.4, 0.5) is 0 Å². The maximum atomic E-state index is 5.55. The first-order chi connectivity index (χ1) is 9.85. The molecule has 0 saturated carbocycles. The predicted molar refractivity (Wildman–Crippen MR) is 81.2 cm³/mol. The summed E-state index contributed by atoms with van der Waals surface area (Å²) in [4.78, 5) is 0.